The predicted octanol–water partition coefficient (Wildman–Crippen LogP) is 3.26. The van der Waals surface area contributed by atoms with E-state index in [1.807, 2.05) is 24.3 Å². The summed E-state index contributed by atoms with van der Waals surface area (Å²) in [6.45, 7) is 4.55. The van der Waals surface area contributed by atoms with E-state index in [2.05, 4.69) is 17.6 Å². The molecular formula is C16H24N2O2. The Morgan fingerprint density at radius 3 is 2.50 bits per heavy atom. The van der Waals surface area contributed by atoms with Crippen molar-refractivity contribution >= 4 is 17.3 Å². The molecule has 2 N–H and O–H groups in total. The number of anilines is 2. The number of benzene rings is 1. The van der Waals surface area contributed by atoms with Gasteiger partial charge in [0.1, 0.15) is 0 Å². The van der Waals surface area contributed by atoms with Crippen LogP contribution in [0.5, 0.6) is 0 Å². The fourth-order valence-corrected chi connectivity index (χ4v) is 2.29. The lowest BCUT2D eigenvalue weighted by molar-refractivity contribution is -0.122. The topological polar surface area (TPSA) is 50.4 Å². The maximum Gasteiger partial charge on any atom is 0.227 e. The number of amides is 1. The van der Waals surface area contributed by atoms with E-state index < -0.39 is 0 Å². The Morgan fingerprint density at radius 1 is 1.20 bits per heavy atom. The van der Waals surface area contributed by atoms with Gasteiger partial charge in [0.25, 0.3) is 0 Å². The van der Waals surface area contributed by atoms with Crippen LogP contribution in [0.1, 0.15) is 32.6 Å². The van der Waals surface area contributed by atoms with Gasteiger partial charge in [0, 0.05) is 37.1 Å². The molecule has 1 saturated heterocycles. The highest BCUT2D eigenvalue weighted by Crippen LogP contribution is 2.19. The van der Waals surface area contributed by atoms with Crippen LogP contribution in [0.3, 0.4) is 0 Å². The molecule has 1 fully saturated rings. The molecule has 110 valence electrons. The zero-order valence-corrected chi connectivity index (χ0v) is 12.2. The minimum Gasteiger partial charge on any atom is -0.385 e. The Kier molecular flexibility index (Phi) is 5.87. The predicted molar refractivity (Wildman–Crippen MR) is 82.0 cm³/mol. The number of carbonyl (C=O) groups excluding carboxylic acids is 1. The maximum atomic E-state index is 12.1. The quantitative estimate of drug-likeness (QED) is 0.784. The highest BCUT2D eigenvalue weighted by Gasteiger charge is 2.21. The van der Waals surface area contributed by atoms with Crippen LogP contribution >= 0.6 is 0 Å². The smallest absolute Gasteiger partial charge is 0.227 e. The van der Waals surface area contributed by atoms with E-state index >= 15 is 0 Å². The summed E-state index contributed by atoms with van der Waals surface area (Å²) >= 11 is 0. The SMILES string of the molecule is CCCCNc1ccc(NC(=O)C2CCOCC2)cc1. The van der Waals surface area contributed by atoms with Crippen molar-refractivity contribution in [2.45, 2.75) is 32.6 Å². The number of rotatable bonds is 6. The zero-order chi connectivity index (χ0) is 14.2. The number of unbranched alkanes of at least 4 members (excludes halogenated alkanes) is 1. The Balaban J connectivity index is 1.81. The molecule has 0 aromatic heterocycles. The van der Waals surface area contributed by atoms with Gasteiger partial charge in [-0.05, 0) is 43.5 Å². The minimum atomic E-state index is 0.0890. The number of ether oxygens (including phenoxy) is 1. The highest BCUT2D eigenvalue weighted by atomic mass is 16.5. The number of nitrogens with one attached hydrogen (secondary N) is 2. The molecule has 0 aliphatic carbocycles. The number of hydrogen-bond acceptors (Lipinski definition) is 3. The molecule has 0 unspecified atom stereocenters. The van der Waals surface area contributed by atoms with Crippen molar-refractivity contribution in [1.29, 1.82) is 0 Å². The van der Waals surface area contributed by atoms with Crippen molar-refractivity contribution in [2.75, 3.05) is 30.4 Å². The molecule has 0 bridgehead atoms. The van der Waals surface area contributed by atoms with Gasteiger partial charge in [0.2, 0.25) is 5.91 Å². The van der Waals surface area contributed by atoms with Crippen LogP contribution in [0, 0.1) is 5.92 Å². The minimum absolute atomic E-state index is 0.0890. The van der Waals surface area contributed by atoms with Crippen LogP contribution in [-0.2, 0) is 9.53 Å². The van der Waals surface area contributed by atoms with Gasteiger partial charge in [0.15, 0.2) is 0 Å². The Hall–Kier alpha value is -1.55. The summed E-state index contributed by atoms with van der Waals surface area (Å²) in [6, 6.07) is 7.92. The Morgan fingerprint density at radius 2 is 1.85 bits per heavy atom. The summed E-state index contributed by atoms with van der Waals surface area (Å²) in [5.41, 5.74) is 1.96. The van der Waals surface area contributed by atoms with Crippen LogP contribution in [0.4, 0.5) is 11.4 Å². The van der Waals surface area contributed by atoms with Gasteiger partial charge < -0.3 is 15.4 Å². The van der Waals surface area contributed by atoms with E-state index in [0.717, 1.165) is 30.8 Å². The van der Waals surface area contributed by atoms with Gasteiger partial charge in [-0.15, -0.1) is 0 Å². The van der Waals surface area contributed by atoms with Crippen molar-refractivity contribution in [1.82, 2.24) is 0 Å². The van der Waals surface area contributed by atoms with E-state index in [9.17, 15) is 4.79 Å². The lowest BCUT2D eigenvalue weighted by atomic mass is 9.99. The third-order valence-electron chi connectivity index (χ3n) is 3.60. The van der Waals surface area contributed by atoms with Gasteiger partial charge in [-0.3, -0.25) is 4.79 Å². The van der Waals surface area contributed by atoms with Crippen molar-refractivity contribution < 1.29 is 9.53 Å². The molecule has 0 atom stereocenters. The maximum absolute atomic E-state index is 12.1. The second kappa shape index (κ2) is 7.90. The Bertz CT molecular complexity index is 411. The second-order valence-electron chi connectivity index (χ2n) is 5.23. The molecule has 1 aliphatic heterocycles. The summed E-state index contributed by atoms with van der Waals surface area (Å²) in [6.07, 6.45) is 4.00. The van der Waals surface area contributed by atoms with Crippen LogP contribution in [0.25, 0.3) is 0 Å². The first-order valence-corrected chi connectivity index (χ1v) is 7.52. The number of carbonyl (C=O) groups is 1. The fraction of sp³-hybridized carbons (Fsp3) is 0.562. The third kappa shape index (κ3) is 4.53. The zero-order valence-electron chi connectivity index (χ0n) is 12.2. The Labute approximate surface area is 120 Å². The fourth-order valence-electron chi connectivity index (χ4n) is 2.29. The molecule has 0 saturated carbocycles. The molecular weight excluding hydrogens is 252 g/mol. The summed E-state index contributed by atoms with van der Waals surface area (Å²) in [4.78, 5) is 12.1. The molecule has 1 amide bonds. The van der Waals surface area contributed by atoms with Crippen molar-refractivity contribution in [3.8, 4) is 0 Å². The van der Waals surface area contributed by atoms with E-state index in [-0.39, 0.29) is 11.8 Å². The van der Waals surface area contributed by atoms with E-state index in [1.165, 1.54) is 12.8 Å². The van der Waals surface area contributed by atoms with Gasteiger partial charge in [0.05, 0.1) is 0 Å². The van der Waals surface area contributed by atoms with Crippen molar-refractivity contribution in [2.24, 2.45) is 5.92 Å². The van der Waals surface area contributed by atoms with E-state index in [0.29, 0.717) is 13.2 Å². The molecule has 4 nitrogen and oxygen atoms in total. The lowest BCUT2D eigenvalue weighted by Crippen LogP contribution is -2.28. The molecule has 1 aromatic rings. The van der Waals surface area contributed by atoms with Crippen molar-refractivity contribution in [3.63, 3.8) is 0 Å². The van der Waals surface area contributed by atoms with Crippen LogP contribution in [-0.4, -0.2) is 25.7 Å². The highest BCUT2D eigenvalue weighted by molar-refractivity contribution is 5.92. The third-order valence-corrected chi connectivity index (χ3v) is 3.60. The molecule has 20 heavy (non-hydrogen) atoms. The van der Waals surface area contributed by atoms with Crippen molar-refractivity contribution in [3.05, 3.63) is 24.3 Å². The van der Waals surface area contributed by atoms with Gasteiger partial charge >= 0.3 is 0 Å². The molecule has 1 heterocycles. The average Bonchev–Trinajstić information content (AvgIpc) is 2.50. The van der Waals surface area contributed by atoms with Crippen LogP contribution in [0.2, 0.25) is 0 Å². The standard InChI is InChI=1S/C16H24N2O2/c1-2-3-10-17-14-4-6-15(7-5-14)18-16(19)13-8-11-20-12-9-13/h4-7,13,17H,2-3,8-12H2,1H3,(H,18,19). The first-order chi connectivity index (χ1) is 9.79. The van der Waals surface area contributed by atoms with Gasteiger partial charge in [-0.2, -0.15) is 0 Å². The lowest BCUT2D eigenvalue weighted by Gasteiger charge is -2.21. The van der Waals surface area contributed by atoms with E-state index in [1.54, 1.807) is 0 Å². The largest absolute Gasteiger partial charge is 0.385 e. The molecule has 0 radical (unpaired) electrons. The molecule has 0 spiro atoms. The first kappa shape index (κ1) is 14.9. The first-order valence-electron chi connectivity index (χ1n) is 7.52. The van der Waals surface area contributed by atoms with Gasteiger partial charge in [-0.25, -0.2) is 0 Å². The molecule has 1 aromatic carbocycles. The molecule has 4 heteroatoms. The molecule has 2 rings (SSSR count). The molecule has 1 aliphatic rings. The number of hydrogen-bond donors (Lipinski definition) is 2. The monoisotopic (exact) mass is 276 g/mol. The van der Waals surface area contributed by atoms with Gasteiger partial charge in [-0.1, -0.05) is 13.3 Å². The van der Waals surface area contributed by atoms with E-state index in [4.69, 9.17) is 4.74 Å². The van der Waals surface area contributed by atoms with Crippen LogP contribution in [0.15, 0.2) is 24.3 Å². The average molecular weight is 276 g/mol. The summed E-state index contributed by atoms with van der Waals surface area (Å²) < 4.78 is 5.27. The summed E-state index contributed by atoms with van der Waals surface area (Å²) in [7, 11) is 0. The normalized spacial score (nSPS) is 15.8. The summed E-state index contributed by atoms with van der Waals surface area (Å²) in [5, 5.41) is 6.34. The summed E-state index contributed by atoms with van der Waals surface area (Å²) in [5.74, 6) is 0.200. The second-order valence-corrected chi connectivity index (χ2v) is 5.23. The van der Waals surface area contributed by atoms with Crippen LogP contribution < -0.4 is 10.6 Å².